The molecular weight excluding hydrogens is 484 g/mol. The van der Waals surface area contributed by atoms with Gasteiger partial charge in [0.25, 0.3) is 11.1 Å². The van der Waals surface area contributed by atoms with E-state index in [1.54, 1.807) is 17.9 Å². The Kier molecular flexibility index (Phi) is 9.23. The number of rotatable bonds is 8. The number of thioether (sulfide) groups is 1. The number of nitrogens with zero attached hydrogens (tertiary/aromatic N) is 2. The topological polar surface area (TPSA) is 102 Å². The number of carbonyl (C=O) groups is 4. The molecule has 0 atom stereocenters. The summed E-state index contributed by atoms with van der Waals surface area (Å²) in [5.41, 5.74) is 0.503. The van der Waals surface area contributed by atoms with Crippen LogP contribution in [0.4, 0.5) is 4.79 Å². The average Bonchev–Trinajstić information content (AvgIpc) is 2.99. The lowest BCUT2D eigenvalue weighted by atomic mass is 10.1. The van der Waals surface area contributed by atoms with Gasteiger partial charge in [0.1, 0.15) is 6.54 Å². The summed E-state index contributed by atoms with van der Waals surface area (Å²) in [6.07, 6.45) is 5.52. The van der Waals surface area contributed by atoms with Gasteiger partial charge in [-0.15, -0.1) is 0 Å². The van der Waals surface area contributed by atoms with E-state index in [1.165, 1.54) is 19.3 Å². The second-order valence-corrected chi connectivity index (χ2v) is 9.09. The predicted molar refractivity (Wildman–Crippen MR) is 128 cm³/mol. The third-order valence-corrected chi connectivity index (χ3v) is 6.51. The number of methoxy groups -OCH3 is 1. The van der Waals surface area contributed by atoms with E-state index in [9.17, 15) is 19.2 Å². The van der Waals surface area contributed by atoms with Crippen molar-refractivity contribution in [3.05, 3.63) is 27.6 Å². The van der Waals surface area contributed by atoms with E-state index in [0.717, 1.165) is 42.3 Å². The summed E-state index contributed by atoms with van der Waals surface area (Å²) in [4.78, 5) is 52.3. The second-order valence-electron chi connectivity index (χ2n) is 7.69. The summed E-state index contributed by atoms with van der Waals surface area (Å²) in [6.45, 7) is 2.76. The molecule has 184 valence electrons. The van der Waals surface area contributed by atoms with Crippen LogP contribution in [0.2, 0.25) is 5.02 Å². The van der Waals surface area contributed by atoms with Crippen LogP contribution >= 0.6 is 23.4 Å². The normalized spacial score (nSPS) is 17.7. The van der Waals surface area contributed by atoms with E-state index >= 15 is 0 Å². The number of hydrogen-bond acceptors (Lipinski definition) is 8. The fourth-order valence-corrected chi connectivity index (χ4v) is 4.72. The molecule has 2 fully saturated rings. The van der Waals surface area contributed by atoms with Gasteiger partial charge in [-0.05, 0) is 55.3 Å². The molecule has 2 aliphatic heterocycles. The Labute approximate surface area is 207 Å². The Balaban J connectivity index is 1.76. The standard InChI is InChI=1S/C23H27ClN2O7S/c1-3-32-17-11-15(10-16(24)21(17)33-14-20(28)31-2)12-18-22(29)26(23(30)34-18)13-19(27)25-8-6-4-5-7-9-25/h10-12H,3-9,13-14H2,1-2H3. The zero-order chi connectivity index (χ0) is 24.7. The molecule has 1 aromatic carbocycles. The largest absolute Gasteiger partial charge is 0.490 e. The van der Waals surface area contributed by atoms with Gasteiger partial charge in [0.15, 0.2) is 18.1 Å². The number of esters is 1. The Morgan fingerprint density at radius 3 is 2.47 bits per heavy atom. The second kappa shape index (κ2) is 12.1. The number of benzene rings is 1. The lowest BCUT2D eigenvalue weighted by Crippen LogP contribution is -2.42. The van der Waals surface area contributed by atoms with Crippen LogP contribution in [0.25, 0.3) is 6.08 Å². The van der Waals surface area contributed by atoms with Gasteiger partial charge in [-0.3, -0.25) is 19.3 Å². The molecule has 0 unspecified atom stereocenters. The number of imide groups is 1. The maximum atomic E-state index is 12.9. The summed E-state index contributed by atoms with van der Waals surface area (Å²) in [5.74, 6) is -0.883. The molecule has 34 heavy (non-hydrogen) atoms. The fourth-order valence-electron chi connectivity index (χ4n) is 3.61. The Hall–Kier alpha value is -2.72. The number of ether oxygens (including phenoxy) is 3. The number of carbonyl (C=O) groups excluding carboxylic acids is 4. The zero-order valence-electron chi connectivity index (χ0n) is 19.1. The lowest BCUT2D eigenvalue weighted by Gasteiger charge is -2.22. The Morgan fingerprint density at radius 2 is 1.82 bits per heavy atom. The molecule has 0 radical (unpaired) electrons. The van der Waals surface area contributed by atoms with Gasteiger partial charge in [-0.2, -0.15) is 0 Å². The van der Waals surface area contributed by atoms with Crippen LogP contribution in [-0.4, -0.2) is 72.8 Å². The van der Waals surface area contributed by atoms with Gasteiger partial charge < -0.3 is 19.1 Å². The average molecular weight is 511 g/mol. The number of hydrogen-bond donors (Lipinski definition) is 0. The molecule has 2 heterocycles. The highest BCUT2D eigenvalue weighted by molar-refractivity contribution is 8.18. The van der Waals surface area contributed by atoms with Gasteiger partial charge in [0.2, 0.25) is 5.91 Å². The Morgan fingerprint density at radius 1 is 1.12 bits per heavy atom. The zero-order valence-corrected chi connectivity index (χ0v) is 20.7. The van der Waals surface area contributed by atoms with E-state index in [4.69, 9.17) is 21.1 Å². The van der Waals surface area contributed by atoms with E-state index < -0.39 is 17.1 Å². The SMILES string of the molecule is CCOc1cc(C=C2SC(=O)N(CC(=O)N3CCCCCC3)C2=O)cc(Cl)c1OCC(=O)OC. The Bertz CT molecular complexity index is 990. The third kappa shape index (κ3) is 6.44. The van der Waals surface area contributed by atoms with Crippen molar-refractivity contribution in [3.63, 3.8) is 0 Å². The third-order valence-electron chi connectivity index (χ3n) is 5.32. The summed E-state index contributed by atoms with van der Waals surface area (Å²) in [5, 5.41) is -0.328. The highest BCUT2D eigenvalue weighted by Crippen LogP contribution is 2.39. The first kappa shape index (κ1) is 25.9. The number of likely N-dealkylation sites (tertiary alicyclic amines) is 1. The first-order valence-electron chi connectivity index (χ1n) is 11.0. The smallest absolute Gasteiger partial charge is 0.343 e. The van der Waals surface area contributed by atoms with Crippen molar-refractivity contribution in [2.24, 2.45) is 0 Å². The van der Waals surface area contributed by atoms with Gasteiger partial charge in [0, 0.05) is 13.1 Å². The summed E-state index contributed by atoms with van der Waals surface area (Å²) >= 11 is 7.11. The van der Waals surface area contributed by atoms with E-state index in [2.05, 4.69) is 4.74 Å². The molecular formula is C23H27ClN2O7S. The molecule has 2 saturated heterocycles. The van der Waals surface area contributed by atoms with Gasteiger partial charge >= 0.3 is 5.97 Å². The maximum absolute atomic E-state index is 12.9. The minimum Gasteiger partial charge on any atom is -0.490 e. The monoisotopic (exact) mass is 510 g/mol. The molecule has 3 amide bonds. The van der Waals surface area contributed by atoms with Crippen molar-refractivity contribution in [1.82, 2.24) is 9.80 Å². The number of amides is 3. The van der Waals surface area contributed by atoms with Gasteiger partial charge in [-0.1, -0.05) is 24.4 Å². The highest BCUT2D eigenvalue weighted by Gasteiger charge is 2.37. The molecule has 9 nitrogen and oxygen atoms in total. The molecule has 0 bridgehead atoms. The predicted octanol–water partition coefficient (Wildman–Crippen LogP) is 3.73. The highest BCUT2D eigenvalue weighted by atomic mass is 35.5. The molecule has 0 aromatic heterocycles. The molecule has 0 spiro atoms. The minimum atomic E-state index is -0.578. The van der Waals surface area contributed by atoms with Crippen LogP contribution in [0.1, 0.15) is 38.2 Å². The fraction of sp³-hybridized carbons (Fsp3) is 0.478. The molecule has 11 heteroatoms. The van der Waals surface area contributed by atoms with E-state index in [-0.39, 0.29) is 40.5 Å². The van der Waals surface area contributed by atoms with E-state index in [0.29, 0.717) is 25.3 Å². The number of halogens is 1. The van der Waals surface area contributed by atoms with E-state index in [1.807, 2.05) is 0 Å². The lowest BCUT2D eigenvalue weighted by molar-refractivity contribution is -0.143. The van der Waals surface area contributed by atoms with Crippen molar-refractivity contribution in [1.29, 1.82) is 0 Å². The quantitative estimate of drug-likeness (QED) is 0.385. The summed E-state index contributed by atoms with van der Waals surface area (Å²) in [6, 6.07) is 3.13. The molecule has 2 aliphatic rings. The first-order valence-corrected chi connectivity index (χ1v) is 12.2. The van der Waals surface area contributed by atoms with Crippen molar-refractivity contribution < 1.29 is 33.4 Å². The van der Waals surface area contributed by atoms with Crippen LogP contribution < -0.4 is 9.47 Å². The van der Waals surface area contributed by atoms with Gasteiger partial charge in [0.05, 0.1) is 23.6 Å². The molecule has 0 aliphatic carbocycles. The van der Waals surface area contributed by atoms with Crippen LogP contribution in [0.3, 0.4) is 0 Å². The molecule has 3 rings (SSSR count). The van der Waals surface area contributed by atoms with Crippen LogP contribution in [0.5, 0.6) is 11.5 Å². The van der Waals surface area contributed by atoms with Crippen molar-refractivity contribution in [3.8, 4) is 11.5 Å². The molecule has 1 aromatic rings. The first-order chi connectivity index (χ1) is 16.3. The summed E-state index contributed by atoms with van der Waals surface area (Å²) in [7, 11) is 1.24. The van der Waals surface area contributed by atoms with Crippen LogP contribution in [-0.2, 0) is 19.1 Å². The van der Waals surface area contributed by atoms with Gasteiger partial charge in [-0.25, -0.2) is 4.79 Å². The van der Waals surface area contributed by atoms with Crippen molar-refractivity contribution >= 4 is 52.5 Å². The summed E-state index contributed by atoms with van der Waals surface area (Å²) < 4.78 is 15.6. The maximum Gasteiger partial charge on any atom is 0.343 e. The van der Waals surface area contributed by atoms with Crippen molar-refractivity contribution in [2.75, 3.05) is 40.0 Å². The molecule has 0 saturated carbocycles. The molecule has 0 N–H and O–H groups in total. The van der Waals surface area contributed by atoms with Crippen molar-refractivity contribution in [2.45, 2.75) is 32.6 Å². The minimum absolute atomic E-state index is 0.164. The van der Waals surface area contributed by atoms with Crippen LogP contribution in [0.15, 0.2) is 17.0 Å². The van der Waals surface area contributed by atoms with Crippen LogP contribution in [0, 0.1) is 0 Å².